The van der Waals surface area contributed by atoms with Gasteiger partial charge in [-0.3, -0.25) is 9.79 Å². The number of rotatable bonds is 5. The summed E-state index contributed by atoms with van der Waals surface area (Å²) in [6.07, 6.45) is 0.833. The lowest BCUT2D eigenvalue weighted by Crippen LogP contribution is -2.40. The predicted molar refractivity (Wildman–Crippen MR) is 97.4 cm³/mol. The number of methoxy groups -OCH3 is 1. The molecule has 0 radical (unpaired) electrons. The monoisotopic (exact) mass is 351 g/mol. The van der Waals surface area contributed by atoms with Gasteiger partial charge in [-0.15, -0.1) is 0 Å². The Morgan fingerprint density at radius 2 is 2.25 bits per heavy atom. The lowest BCUT2D eigenvalue weighted by molar-refractivity contribution is -0.145. The first kappa shape index (κ1) is 18.6. The summed E-state index contributed by atoms with van der Waals surface area (Å²) in [6, 6.07) is 7.85. The highest BCUT2D eigenvalue weighted by Crippen LogP contribution is 2.24. The lowest BCUT2D eigenvalue weighted by Gasteiger charge is -2.21. The molecule has 0 spiro atoms. The van der Waals surface area contributed by atoms with Gasteiger partial charge in [0.1, 0.15) is 0 Å². The Kier molecular flexibility index (Phi) is 6.91. The van der Waals surface area contributed by atoms with Crippen LogP contribution < -0.4 is 5.32 Å². The minimum atomic E-state index is -0.139. The molecule has 5 nitrogen and oxygen atoms in total. The average molecular weight is 352 g/mol. The summed E-state index contributed by atoms with van der Waals surface area (Å²) in [5.41, 5.74) is 1.17. The Hall–Kier alpha value is -1.75. The van der Waals surface area contributed by atoms with Crippen molar-refractivity contribution in [2.45, 2.75) is 20.3 Å². The Balaban J connectivity index is 1.99. The molecule has 2 unspecified atom stereocenters. The molecule has 6 heteroatoms. The zero-order chi connectivity index (χ0) is 17.5. The van der Waals surface area contributed by atoms with E-state index in [0.717, 1.165) is 30.5 Å². The summed E-state index contributed by atoms with van der Waals surface area (Å²) in [4.78, 5) is 18.7. The minimum Gasteiger partial charge on any atom is -0.469 e. The zero-order valence-corrected chi connectivity index (χ0v) is 15.3. The highest BCUT2D eigenvalue weighted by atomic mass is 35.5. The fraction of sp³-hybridized carbons (Fsp3) is 0.556. The smallest absolute Gasteiger partial charge is 0.310 e. The number of benzene rings is 1. The van der Waals surface area contributed by atoms with Gasteiger partial charge in [0.2, 0.25) is 0 Å². The van der Waals surface area contributed by atoms with Gasteiger partial charge in [0.15, 0.2) is 5.96 Å². The van der Waals surface area contributed by atoms with E-state index in [1.54, 1.807) is 0 Å². The molecule has 1 N–H and O–H groups in total. The molecule has 2 rings (SSSR count). The molecule has 0 amide bonds. The van der Waals surface area contributed by atoms with Gasteiger partial charge < -0.3 is 15.0 Å². The van der Waals surface area contributed by atoms with E-state index in [9.17, 15) is 4.79 Å². The van der Waals surface area contributed by atoms with Crippen molar-refractivity contribution < 1.29 is 9.53 Å². The molecular formula is C18H26ClN3O2. The van der Waals surface area contributed by atoms with Crippen LogP contribution in [0.15, 0.2) is 29.3 Å². The van der Waals surface area contributed by atoms with Crippen LogP contribution in [0.3, 0.4) is 0 Å². The maximum Gasteiger partial charge on any atom is 0.310 e. The lowest BCUT2D eigenvalue weighted by atomic mass is 9.99. The first-order valence-corrected chi connectivity index (χ1v) is 8.78. The Morgan fingerprint density at radius 3 is 2.92 bits per heavy atom. The van der Waals surface area contributed by atoms with E-state index in [4.69, 9.17) is 21.3 Å². The number of nitrogens with zero attached hydrogens (tertiary/aromatic N) is 2. The number of nitrogens with one attached hydrogen (secondary N) is 1. The highest BCUT2D eigenvalue weighted by molar-refractivity contribution is 6.30. The maximum absolute atomic E-state index is 11.9. The number of likely N-dealkylation sites (tertiary alicyclic amines) is 1. The fourth-order valence-corrected chi connectivity index (χ4v) is 3.22. The first-order chi connectivity index (χ1) is 11.5. The molecule has 1 heterocycles. The number of halogens is 1. The van der Waals surface area contributed by atoms with Crippen molar-refractivity contribution in [1.29, 1.82) is 0 Å². The summed E-state index contributed by atoms with van der Waals surface area (Å²) in [6.45, 7) is 7.06. The molecule has 24 heavy (non-hydrogen) atoms. The summed E-state index contributed by atoms with van der Waals surface area (Å²) >= 11 is 6.01. The largest absolute Gasteiger partial charge is 0.469 e. The second-order valence-corrected chi connectivity index (χ2v) is 6.56. The van der Waals surface area contributed by atoms with E-state index < -0.39 is 0 Å². The van der Waals surface area contributed by atoms with Crippen LogP contribution in [-0.2, 0) is 16.0 Å². The van der Waals surface area contributed by atoms with Gasteiger partial charge in [0.05, 0.1) is 13.0 Å². The number of guanidine groups is 1. The molecule has 1 saturated heterocycles. The van der Waals surface area contributed by atoms with Gasteiger partial charge in [0.25, 0.3) is 0 Å². The van der Waals surface area contributed by atoms with Crippen molar-refractivity contribution in [3.63, 3.8) is 0 Å². The number of aliphatic imine (C=N–C) groups is 1. The van der Waals surface area contributed by atoms with Crippen molar-refractivity contribution in [1.82, 2.24) is 10.2 Å². The predicted octanol–water partition coefficient (Wildman–Crippen LogP) is 2.59. The van der Waals surface area contributed by atoms with E-state index in [1.807, 2.05) is 25.1 Å². The quantitative estimate of drug-likeness (QED) is 0.503. The second kappa shape index (κ2) is 8.92. The molecule has 0 saturated carbocycles. The SMILES string of the molecule is CCNC(=NCCc1cccc(Cl)c1)N1CC(C)C(C(=O)OC)C1. The summed E-state index contributed by atoms with van der Waals surface area (Å²) < 4.78 is 4.90. The van der Waals surface area contributed by atoms with Gasteiger partial charge in [-0.2, -0.15) is 0 Å². The molecule has 0 aliphatic carbocycles. The standard InChI is InChI=1S/C18H26ClN3O2/c1-4-20-18(21-9-8-14-6-5-7-15(19)10-14)22-11-13(2)16(12-22)17(23)24-3/h5-7,10,13,16H,4,8-9,11-12H2,1-3H3,(H,20,21). The molecule has 1 aromatic carbocycles. The van der Waals surface area contributed by atoms with Crippen LogP contribution in [0, 0.1) is 11.8 Å². The van der Waals surface area contributed by atoms with E-state index in [2.05, 4.69) is 23.2 Å². The van der Waals surface area contributed by atoms with Gasteiger partial charge in [-0.1, -0.05) is 30.7 Å². The normalized spacial score (nSPS) is 21.0. The minimum absolute atomic E-state index is 0.0909. The molecule has 0 aromatic heterocycles. The van der Waals surface area contributed by atoms with Gasteiger partial charge in [-0.05, 0) is 37.0 Å². The molecule has 1 aromatic rings. The number of ether oxygens (including phenoxy) is 1. The highest BCUT2D eigenvalue weighted by Gasteiger charge is 2.36. The Labute approximate surface area is 149 Å². The summed E-state index contributed by atoms with van der Waals surface area (Å²) in [7, 11) is 1.45. The van der Waals surface area contributed by atoms with E-state index in [0.29, 0.717) is 13.1 Å². The zero-order valence-electron chi connectivity index (χ0n) is 14.6. The molecular weight excluding hydrogens is 326 g/mol. The topological polar surface area (TPSA) is 53.9 Å². The van der Waals surface area contributed by atoms with Crippen LogP contribution in [0.1, 0.15) is 19.4 Å². The van der Waals surface area contributed by atoms with E-state index >= 15 is 0 Å². The van der Waals surface area contributed by atoms with Crippen LogP contribution in [0.5, 0.6) is 0 Å². The molecule has 1 aliphatic rings. The number of hydrogen-bond donors (Lipinski definition) is 1. The van der Waals surface area contributed by atoms with Gasteiger partial charge >= 0.3 is 5.97 Å². The molecule has 132 valence electrons. The van der Waals surface area contributed by atoms with Crippen molar-refractivity contribution in [2.75, 3.05) is 33.3 Å². The van der Waals surface area contributed by atoms with Gasteiger partial charge in [-0.25, -0.2) is 0 Å². The molecule has 0 bridgehead atoms. The summed E-state index contributed by atoms with van der Waals surface area (Å²) in [5, 5.41) is 4.07. The van der Waals surface area contributed by atoms with Crippen molar-refractivity contribution in [3.05, 3.63) is 34.9 Å². The van der Waals surface area contributed by atoms with Crippen LogP contribution in [0.2, 0.25) is 5.02 Å². The number of hydrogen-bond acceptors (Lipinski definition) is 3. The van der Waals surface area contributed by atoms with Gasteiger partial charge in [0, 0.05) is 31.2 Å². The van der Waals surface area contributed by atoms with E-state index in [-0.39, 0.29) is 17.8 Å². The molecule has 1 aliphatic heterocycles. The number of carbonyl (C=O) groups excluding carboxylic acids is 1. The van der Waals surface area contributed by atoms with Crippen LogP contribution in [0.25, 0.3) is 0 Å². The van der Waals surface area contributed by atoms with Crippen molar-refractivity contribution in [2.24, 2.45) is 16.8 Å². The van der Waals surface area contributed by atoms with Crippen molar-refractivity contribution >= 4 is 23.5 Å². The van der Waals surface area contributed by atoms with Crippen LogP contribution in [-0.4, -0.2) is 50.1 Å². The second-order valence-electron chi connectivity index (χ2n) is 6.13. The third-order valence-corrected chi connectivity index (χ3v) is 4.54. The first-order valence-electron chi connectivity index (χ1n) is 8.40. The maximum atomic E-state index is 11.9. The third-order valence-electron chi connectivity index (χ3n) is 4.30. The number of carbonyl (C=O) groups is 1. The van der Waals surface area contributed by atoms with E-state index in [1.165, 1.54) is 12.7 Å². The Bertz CT molecular complexity index is 591. The molecule has 1 fully saturated rings. The van der Waals surface area contributed by atoms with Crippen LogP contribution >= 0.6 is 11.6 Å². The summed E-state index contributed by atoms with van der Waals surface area (Å²) in [5.74, 6) is 0.888. The molecule has 2 atom stereocenters. The fourth-order valence-electron chi connectivity index (χ4n) is 3.01. The third kappa shape index (κ3) is 4.87. The van der Waals surface area contributed by atoms with Crippen molar-refractivity contribution in [3.8, 4) is 0 Å². The average Bonchev–Trinajstić information content (AvgIpc) is 2.95. The van der Waals surface area contributed by atoms with Crippen LogP contribution in [0.4, 0.5) is 0 Å². The number of esters is 1. The Morgan fingerprint density at radius 1 is 1.46 bits per heavy atom.